The first kappa shape index (κ1) is 8.96. The van der Waals surface area contributed by atoms with Gasteiger partial charge < -0.3 is 5.11 Å². The summed E-state index contributed by atoms with van der Waals surface area (Å²) in [5.74, 6) is 0. The Hall–Kier alpha value is -0.300. The molecular weight excluding hydrogens is 172 g/mol. The Morgan fingerprint density at radius 3 is 2.29 bits per heavy atom. The van der Waals surface area contributed by atoms with E-state index in [0.29, 0.717) is 0 Å². The second kappa shape index (κ2) is 2.85. The lowest BCUT2D eigenvalue weighted by atomic mass is 9.71. The van der Waals surface area contributed by atoms with Crippen molar-refractivity contribution in [3.63, 3.8) is 0 Å². The Morgan fingerprint density at radius 2 is 1.71 bits per heavy atom. The maximum Gasteiger partial charge on any atom is 0.0740 e. The van der Waals surface area contributed by atoms with Crippen LogP contribution in [0.4, 0.5) is 0 Å². The van der Waals surface area contributed by atoms with Gasteiger partial charge in [-0.1, -0.05) is 11.6 Å². The fourth-order valence-corrected chi connectivity index (χ4v) is 4.28. The first-order valence-corrected chi connectivity index (χ1v) is 6.19. The summed E-state index contributed by atoms with van der Waals surface area (Å²) in [5, 5.41) is 10.7. The van der Waals surface area contributed by atoms with E-state index in [0.717, 1.165) is 12.8 Å². The number of fused-ring (bicyclic) bond motifs is 1. The zero-order valence-corrected chi connectivity index (χ0v) is 8.89. The molecule has 0 aromatic rings. The fourth-order valence-electron chi connectivity index (χ4n) is 4.28. The number of hydrogen-bond acceptors (Lipinski definition) is 1. The topological polar surface area (TPSA) is 20.2 Å². The highest BCUT2D eigenvalue weighted by molar-refractivity contribution is 5.28. The van der Waals surface area contributed by atoms with Crippen molar-refractivity contribution >= 4 is 0 Å². The zero-order chi connectivity index (χ0) is 9.65. The molecule has 0 bridgehead atoms. The third-order valence-corrected chi connectivity index (χ3v) is 4.93. The van der Waals surface area contributed by atoms with Crippen molar-refractivity contribution in [3.05, 3.63) is 11.6 Å². The van der Waals surface area contributed by atoms with Crippen LogP contribution in [0.25, 0.3) is 0 Å². The van der Waals surface area contributed by atoms with Crippen molar-refractivity contribution in [2.24, 2.45) is 5.41 Å². The molecule has 2 fully saturated rings. The van der Waals surface area contributed by atoms with Gasteiger partial charge in [-0.05, 0) is 57.8 Å². The molecule has 0 heterocycles. The SMILES string of the molecule is OC12CCCC1(C1=CCCC1)CCC2. The monoisotopic (exact) mass is 192 g/mol. The lowest BCUT2D eigenvalue weighted by molar-refractivity contribution is -0.0182. The average Bonchev–Trinajstić information content (AvgIpc) is 2.75. The molecule has 0 radical (unpaired) electrons. The normalized spacial score (nSPS) is 46.8. The largest absolute Gasteiger partial charge is 0.389 e. The lowest BCUT2D eigenvalue weighted by Gasteiger charge is -2.38. The summed E-state index contributed by atoms with van der Waals surface area (Å²) >= 11 is 0. The van der Waals surface area contributed by atoms with E-state index in [4.69, 9.17) is 0 Å². The quantitative estimate of drug-likeness (QED) is 0.633. The molecule has 1 N–H and O–H groups in total. The number of allylic oxidation sites excluding steroid dienone is 1. The van der Waals surface area contributed by atoms with Crippen molar-refractivity contribution in [2.75, 3.05) is 0 Å². The van der Waals surface area contributed by atoms with E-state index in [1.807, 2.05) is 0 Å². The van der Waals surface area contributed by atoms with Gasteiger partial charge in [-0.25, -0.2) is 0 Å². The minimum Gasteiger partial charge on any atom is -0.389 e. The lowest BCUT2D eigenvalue weighted by Crippen LogP contribution is -2.39. The van der Waals surface area contributed by atoms with Crippen LogP contribution in [-0.4, -0.2) is 10.7 Å². The molecule has 3 aliphatic rings. The first-order valence-electron chi connectivity index (χ1n) is 6.19. The van der Waals surface area contributed by atoms with Gasteiger partial charge in [0, 0.05) is 5.41 Å². The molecule has 3 rings (SSSR count). The van der Waals surface area contributed by atoms with Crippen LogP contribution < -0.4 is 0 Å². The highest BCUT2D eigenvalue weighted by Gasteiger charge is 2.58. The van der Waals surface area contributed by atoms with E-state index in [9.17, 15) is 5.11 Å². The fraction of sp³-hybridized carbons (Fsp3) is 0.846. The Kier molecular flexibility index (Phi) is 1.82. The summed E-state index contributed by atoms with van der Waals surface area (Å²) in [5.41, 5.74) is 1.56. The Balaban J connectivity index is 2.00. The van der Waals surface area contributed by atoms with E-state index in [-0.39, 0.29) is 11.0 Å². The molecule has 2 saturated carbocycles. The van der Waals surface area contributed by atoms with Crippen LogP contribution >= 0.6 is 0 Å². The maximum atomic E-state index is 10.7. The molecule has 14 heavy (non-hydrogen) atoms. The van der Waals surface area contributed by atoms with Gasteiger partial charge in [-0.2, -0.15) is 0 Å². The van der Waals surface area contributed by atoms with Crippen LogP contribution in [0.15, 0.2) is 11.6 Å². The second-order valence-corrected chi connectivity index (χ2v) is 5.44. The van der Waals surface area contributed by atoms with Crippen molar-refractivity contribution < 1.29 is 5.11 Å². The summed E-state index contributed by atoms with van der Waals surface area (Å²) in [6, 6.07) is 0. The van der Waals surface area contributed by atoms with Crippen LogP contribution in [0.2, 0.25) is 0 Å². The number of rotatable bonds is 1. The van der Waals surface area contributed by atoms with Crippen LogP contribution in [0.3, 0.4) is 0 Å². The molecular formula is C13H20O. The van der Waals surface area contributed by atoms with Crippen molar-refractivity contribution in [2.45, 2.75) is 63.4 Å². The first-order chi connectivity index (χ1) is 6.77. The van der Waals surface area contributed by atoms with Crippen LogP contribution in [0.5, 0.6) is 0 Å². The van der Waals surface area contributed by atoms with Crippen LogP contribution in [0, 0.1) is 5.41 Å². The molecule has 0 amide bonds. The van der Waals surface area contributed by atoms with Gasteiger partial charge in [0.2, 0.25) is 0 Å². The van der Waals surface area contributed by atoms with E-state index in [1.165, 1.54) is 44.9 Å². The van der Waals surface area contributed by atoms with E-state index < -0.39 is 0 Å². The van der Waals surface area contributed by atoms with E-state index in [2.05, 4.69) is 6.08 Å². The summed E-state index contributed by atoms with van der Waals surface area (Å²) in [6.45, 7) is 0. The number of aliphatic hydroxyl groups is 1. The highest BCUT2D eigenvalue weighted by Crippen LogP contribution is 2.62. The second-order valence-electron chi connectivity index (χ2n) is 5.44. The summed E-state index contributed by atoms with van der Waals surface area (Å²) < 4.78 is 0. The van der Waals surface area contributed by atoms with Crippen molar-refractivity contribution in [1.82, 2.24) is 0 Å². The van der Waals surface area contributed by atoms with Gasteiger partial charge >= 0.3 is 0 Å². The van der Waals surface area contributed by atoms with Gasteiger partial charge in [-0.15, -0.1) is 0 Å². The summed E-state index contributed by atoms with van der Waals surface area (Å²) in [4.78, 5) is 0. The van der Waals surface area contributed by atoms with Crippen molar-refractivity contribution in [1.29, 1.82) is 0 Å². The Morgan fingerprint density at radius 1 is 1.00 bits per heavy atom. The van der Waals surface area contributed by atoms with Crippen LogP contribution in [-0.2, 0) is 0 Å². The van der Waals surface area contributed by atoms with Gasteiger partial charge in [-0.3, -0.25) is 0 Å². The molecule has 0 unspecified atom stereocenters. The van der Waals surface area contributed by atoms with Crippen molar-refractivity contribution in [3.8, 4) is 0 Å². The Labute approximate surface area is 86.2 Å². The van der Waals surface area contributed by atoms with Gasteiger partial charge in [0.1, 0.15) is 0 Å². The molecule has 3 aliphatic carbocycles. The average molecular weight is 192 g/mol. The van der Waals surface area contributed by atoms with E-state index >= 15 is 0 Å². The number of hydrogen-bond donors (Lipinski definition) is 1. The molecule has 0 aliphatic heterocycles. The van der Waals surface area contributed by atoms with Gasteiger partial charge in [0.25, 0.3) is 0 Å². The molecule has 0 atom stereocenters. The van der Waals surface area contributed by atoms with E-state index in [1.54, 1.807) is 5.57 Å². The van der Waals surface area contributed by atoms with Gasteiger partial charge in [0.05, 0.1) is 5.60 Å². The summed E-state index contributed by atoms with van der Waals surface area (Å²) in [6.07, 6.45) is 13.4. The predicted octanol–water partition coefficient (Wildman–Crippen LogP) is 3.18. The third-order valence-electron chi connectivity index (χ3n) is 4.93. The molecule has 0 aromatic carbocycles. The zero-order valence-electron chi connectivity index (χ0n) is 8.89. The van der Waals surface area contributed by atoms with Gasteiger partial charge in [0.15, 0.2) is 0 Å². The van der Waals surface area contributed by atoms with Crippen LogP contribution in [0.1, 0.15) is 57.8 Å². The predicted molar refractivity (Wildman–Crippen MR) is 57.0 cm³/mol. The Bertz CT molecular complexity index is 267. The highest BCUT2D eigenvalue weighted by atomic mass is 16.3. The maximum absolute atomic E-state index is 10.7. The summed E-state index contributed by atoms with van der Waals surface area (Å²) in [7, 11) is 0. The molecule has 0 saturated heterocycles. The molecule has 1 heteroatoms. The minimum absolute atomic E-state index is 0.240. The standard InChI is InChI=1S/C13H20O/c14-13-9-3-7-12(13,8-4-10-13)11-5-1-2-6-11/h5,14H,1-4,6-10H2. The third kappa shape index (κ3) is 0.942. The smallest absolute Gasteiger partial charge is 0.0740 e. The molecule has 0 spiro atoms. The molecule has 0 aromatic heterocycles. The molecule has 78 valence electrons. The minimum atomic E-state index is -0.302. The molecule has 1 nitrogen and oxygen atoms in total.